The zero-order valence-corrected chi connectivity index (χ0v) is 16.9. The lowest BCUT2D eigenvalue weighted by Crippen LogP contribution is -2.38. The summed E-state index contributed by atoms with van der Waals surface area (Å²) < 4.78 is 5.46. The highest BCUT2D eigenvalue weighted by Gasteiger charge is 2.32. The standard InChI is InChI=1S/C21H22N8O2/c22-19-23-12-14(13-24-19)17-16-6-7-29(21(30)25-15-4-2-1-3-5-15)18(16)27-20(26-17)28-8-10-31-11-9-28/h1-5,12-13H,6-11H2,(H,25,30)(H2,22,23,24). The Morgan fingerprint density at radius 3 is 2.52 bits per heavy atom. The first-order chi connectivity index (χ1) is 15.2. The minimum atomic E-state index is -0.226. The van der Waals surface area contributed by atoms with E-state index in [0.29, 0.717) is 51.0 Å². The van der Waals surface area contributed by atoms with Crippen LogP contribution in [0, 0.1) is 0 Å². The number of rotatable bonds is 3. The van der Waals surface area contributed by atoms with Gasteiger partial charge >= 0.3 is 6.03 Å². The third-order valence-electron chi connectivity index (χ3n) is 5.32. The molecular weight excluding hydrogens is 396 g/mol. The number of anilines is 4. The number of nitrogen functional groups attached to an aromatic ring is 1. The van der Waals surface area contributed by atoms with Crippen molar-refractivity contribution in [3.63, 3.8) is 0 Å². The van der Waals surface area contributed by atoms with E-state index in [0.717, 1.165) is 22.5 Å². The van der Waals surface area contributed by atoms with E-state index in [-0.39, 0.29) is 12.0 Å². The summed E-state index contributed by atoms with van der Waals surface area (Å²) in [6.45, 7) is 3.11. The highest BCUT2D eigenvalue weighted by Crippen LogP contribution is 2.35. The van der Waals surface area contributed by atoms with Crippen LogP contribution in [0.1, 0.15) is 5.56 Å². The summed E-state index contributed by atoms with van der Waals surface area (Å²) in [6.07, 6.45) is 3.95. The number of benzene rings is 1. The molecule has 4 heterocycles. The predicted octanol–water partition coefficient (Wildman–Crippen LogP) is 1.95. The van der Waals surface area contributed by atoms with Crippen molar-refractivity contribution in [2.75, 3.05) is 53.7 Å². The maximum absolute atomic E-state index is 13.0. The molecule has 3 N–H and O–H groups in total. The smallest absolute Gasteiger partial charge is 0.327 e. The van der Waals surface area contributed by atoms with Gasteiger partial charge < -0.3 is 20.7 Å². The SMILES string of the molecule is Nc1ncc(-c2nc(N3CCOCC3)nc3c2CCN3C(=O)Nc2ccccc2)cn1. The number of urea groups is 1. The van der Waals surface area contributed by atoms with Gasteiger partial charge in [0.15, 0.2) is 0 Å². The Labute approximate surface area is 179 Å². The van der Waals surface area contributed by atoms with Crippen molar-refractivity contribution in [3.8, 4) is 11.3 Å². The Morgan fingerprint density at radius 2 is 1.77 bits per heavy atom. The number of nitrogens with two attached hydrogens (primary N) is 1. The first-order valence-electron chi connectivity index (χ1n) is 10.1. The lowest BCUT2D eigenvalue weighted by Gasteiger charge is -2.28. The Morgan fingerprint density at radius 1 is 1.03 bits per heavy atom. The molecule has 31 heavy (non-hydrogen) atoms. The summed E-state index contributed by atoms with van der Waals surface area (Å²) >= 11 is 0. The second-order valence-corrected chi connectivity index (χ2v) is 7.30. The van der Waals surface area contributed by atoms with Gasteiger partial charge in [-0.3, -0.25) is 4.90 Å². The highest BCUT2D eigenvalue weighted by atomic mass is 16.5. The molecule has 2 aliphatic rings. The molecule has 2 amide bonds. The minimum Gasteiger partial charge on any atom is -0.378 e. The molecule has 0 spiro atoms. The lowest BCUT2D eigenvalue weighted by atomic mass is 10.1. The molecule has 0 bridgehead atoms. The molecule has 0 radical (unpaired) electrons. The van der Waals surface area contributed by atoms with Gasteiger partial charge in [0, 0.05) is 48.8 Å². The Hall–Kier alpha value is -3.79. The van der Waals surface area contributed by atoms with E-state index in [9.17, 15) is 4.79 Å². The number of morpholine rings is 1. The lowest BCUT2D eigenvalue weighted by molar-refractivity contribution is 0.122. The maximum atomic E-state index is 13.0. The number of amides is 2. The van der Waals surface area contributed by atoms with Gasteiger partial charge in [-0.25, -0.2) is 19.7 Å². The van der Waals surface area contributed by atoms with Gasteiger partial charge in [0.1, 0.15) is 5.82 Å². The molecule has 2 aliphatic heterocycles. The summed E-state index contributed by atoms with van der Waals surface area (Å²) in [6, 6.07) is 9.15. The van der Waals surface area contributed by atoms with Gasteiger partial charge in [-0.1, -0.05) is 18.2 Å². The van der Waals surface area contributed by atoms with Crippen molar-refractivity contribution in [2.24, 2.45) is 0 Å². The molecule has 158 valence electrons. The fourth-order valence-electron chi connectivity index (χ4n) is 3.76. The van der Waals surface area contributed by atoms with Crippen LogP contribution in [-0.2, 0) is 11.2 Å². The van der Waals surface area contributed by atoms with Gasteiger partial charge in [-0.2, -0.15) is 4.98 Å². The van der Waals surface area contributed by atoms with Crippen molar-refractivity contribution >= 4 is 29.4 Å². The molecule has 0 unspecified atom stereocenters. The van der Waals surface area contributed by atoms with Crippen LogP contribution in [0.5, 0.6) is 0 Å². The van der Waals surface area contributed by atoms with Crippen LogP contribution in [0.3, 0.4) is 0 Å². The van der Waals surface area contributed by atoms with E-state index in [1.807, 2.05) is 30.3 Å². The van der Waals surface area contributed by atoms with Gasteiger partial charge in [0.25, 0.3) is 0 Å². The fraction of sp³-hybridized carbons (Fsp3) is 0.286. The molecular formula is C21H22N8O2. The molecule has 10 heteroatoms. The zero-order valence-electron chi connectivity index (χ0n) is 16.9. The Balaban J connectivity index is 1.54. The number of hydrogen-bond acceptors (Lipinski definition) is 8. The molecule has 1 aromatic carbocycles. The number of fused-ring (bicyclic) bond motifs is 1. The van der Waals surface area contributed by atoms with Crippen molar-refractivity contribution in [1.29, 1.82) is 0 Å². The molecule has 0 atom stereocenters. The number of aromatic nitrogens is 4. The average Bonchev–Trinajstić information content (AvgIpc) is 3.24. The summed E-state index contributed by atoms with van der Waals surface area (Å²) in [5.74, 6) is 1.37. The minimum absolute atomic E-state index is 0.201. The fourth-order valence-corrected chi connectivity index (χ4v) is 3.76. The monoisotopic (exact) mass is 418 g/mol. The molecule has 1 fully saturated rings. The van der Waals surface area contributed by atoms with Crippen molar-refractivity contribution in [2.45, 2.75) is 6.42 Å². The quantitative estimate of drug-likeness (QED) is 0.662. The molecule has 0 saturated carbocycles. The second-order valence-electron chi connectivity index (χ2n) is 7.30. The summed E-state index contributed by atoms with van der Waals surface area (Å²) in [5.41, 5.74) is 8.76. The molecule has 3 aromatic rings. The Kier molecular flexibility index (Phi) is 5.04. The molecule has 0 aliphatic carbocycles. The molecule has 10 nitrogen and oxygen atoms in total. The first kappa shape index (κ1) is 19.2. The van der Waals surface area contributed by atoms with E-state index in [2.05, 4.69) is 20.2 Å². The summed E-state index contributed by atoms with van der Waals surface area (Å²) in [7, 11) is 0. The van der Waals surface area contributed by atoms with Crippen LogP contribution in [-0.4, -0.2) is 58.8 Å². The topological polar surface area (TPSA) is 122 Å². The van der Waals surface area contributed by atoms with E-state index in [1.54, 1.807) is 17.3 Å². The van der Waals surface area contributed by atoms with E-state index in [4.69, 9.17) is 20.4 Å². The van der Waals surface area contributed by atoms with Crippen LogP contribution in [0.25, 0.3) is 11.3 Å². The Bertz CT molecular complexity index is 1080. The first-order valence-corrected chi connectivity index (χ1v) is 10.1. The largest absolute Gasteiger partial charge is 0.378 e. The van der Waals surface area contributed by atoms with Gasteiger partial charge in [0.2, 0.25) is 11.9 Å². The molecule has 5 rings (SSSR count). The van der Waals surface area contributed by atoms with Crippen LogP contribution < -0.4 is 20.9 Å². The third-order valence-corrected chi connectivity index (χ3v) is 5.32. The van der Waals surface area contributed by atoms with Crippen LogP contribution >= 0.6 is 0 Å². The average molecular weight is 418 g/mol. The summed E-state index contributed by atoms with van der Waals surface area (Å²) in [5, 5.41) is 2.94. The third kappa shape index (κ3) is 3.84. The second kappa shape index (κ2) is 8.15. The zero-order chi connectivity index (χ0) is 21.2. The van der Waals surface area contributed by atoms with E-state index < -0.39 is 0 Å². The van der Waals surface area contributed by atoms with Gasteiger partial charge in [-0.05, 0) is 18.6 Å². The molecule has 2 aromatic heterocycles. The van der Waals surface area contributed by atoms with Crippen molar-refractivity contribution in [1.82, 2.24) is 19.9 Å². The predicted molar refractivity (Wildman–Crippen MR) is 117 cm³/mol. The molecule has 1 saturated heterocycles. The highest BCUT2D eigenvalue weighted by molar-refractivity contribution is 6.03. The van der Waals surface area contributed by atoms with E-state index in [1.165, 1.54) is 0 Å². The van der Waals surface area contributed by atoms with Crippen LogP contribution in [0.4, 0.5) is 28.2 Å². The van der Waals surface area contributed by atoms with Crippen molar-refractivity contribution in [3.05, 3.63) is 48.3 Å². The number of hydrogen-bond donors (Lipinski definition) is 2. The van der Waals surface area contributed by atoms with Gasteiger partial charge in [-0.15, -0.1) is 0 Å². The maximum Gasteiger partial charge on any atom is 0.327 e. The summed E-state index contributed by atoms with van der Waals surface area (Å²) in [4.78, 5) is 34.6. The van der Waals surface area contributed by atoms with Crippen molar-refractivity contribution < 1.29 is 9.53 Å². The number of carbonyl (C=O) groups is 1. The number of nitrogens with one attached hydrogen (secondary N) is 1. The normalized spacial score (nSPS) is 15.6. The number of carbonyl (C=O) groups excluding carboxylic acids is 1. The number of nitrogens with zero attached hydrogens (tertiary/aromatic N) is 6. The van der Waals surface area contributed by atoms with E-state index >= 15 is 0 Å². The number of ether oxygens (including phenoxy) is 1. The van der Waals surface area contributed by atoms with Crippen LogP contribution in [0.2, 0.25) is 0 Å². The van der Waals surface area contributed by atoms with Gasteiger partial charge in [0.05, 0.1) is 18.9 Å². The van der Waals surface area contributed by atoms with Crippen LogP contribution in [0.15, 0.2) is 42.7 Å². The number of para-hydroxylation sites is 1.